The third-order valence-electron chi connectivity index (χ3n) is 4.19. The standard InChI is InChI=1S/C22H17BrN2O2/c1-14-8-9-20-19(10-14)25-22(27-20)16-5-3-7-18(13-16)24-21(26)12-15-4-2-6-17(23)11-15/h2-11,13H,12H2,1H3,(H,24,26). The zero-order chi connectivity index (χ0) is 18.8. The zero-order valence-corrected chi connectivity index (χ0v) is 16.3. The smallest absolute Gasteiger partial charge is 0.228 e. The number of anilines is 1. The first kappa shape index (κ1) is 17.5. The average Bonchev–Trinajstić information content (AvgIpc) is 3.05. The Morgan fingerprint density at radius 3 is 2.78 bits per heavy atom. The van der Waals surface area contributed by atoms with E-state index in [0.717, 1.165) is 32.3 Å². The second-order valence-corrected chi connectivity index (χ2v) is 7.34. The molecule has 1 heterocycles. The van der Waals surface area contributed by atoms with Crippen LogP contribution in [0, 0.1) is 6.92 Å². The van der Waals surface area contributed by atoms with Gasteiger partial charge in [-0.2, -0.15) is 0 Å². The summed E-state index contributed by atoms with van der Waals surface area (Å²) in [6.07, 6.45) is 0.311. The van der Waals surface area contributed by atoms with Crippen molar-refractivity contribution >= 4 is 38.6 Å². The highest BCUT2D eigenvalue weighted by Gasteiger charge is 2.10. The number of fused-ring (bicyclic) bond motifs is 1. The van der Waals surface area contributed by atoms with E-state index in [1.165, 1.54) is 0 Å². The van der Waals surface area contributed by atoms with Crippen LogP contribution < -0.4 is 5.32 Å². The molecule has 0 saturated carbocycles. The van der Waals surface area contributed by atoms with Gasteiger partial charge in [0.25, 0.3) is 0 Å². The molecule has 0 aliphatic rings. The molecular weight excluding hydrogens is 404 g/mol. The molecule has 0 spiro atoms. The van der Waals surface area contributed by atoms with Gasteiger partial charge in [-0.3, -0.25) is 4.79 Å². The van der Waals surface area contributed by atoms with Gasteiger partial charge in [-0.15, -0.1) is 0 Å². The van der Waals surface area contributed by atoms with Gasteiger partial charge in [0.1, 0.15) is 5.52 Å². The molecule has 1 amide bonds. The SMILES string of the molecule is Cc1ccc2oc(-c3cccc(NC(=O)Cc4cccc(Br)c4)c3)nc2c1. The molecule has 3 aromatic carbocycles. The van der Waals surface area contributed by atoms with E-state index in [4.69, 9.17) is 4.42 Å². The maximum Gasteiger partial charge on any atom is 0.228 e. The predicted molar refractivity (Wildman–Crippen MR) is 111 cm³/mol. The lowest BCUT2D eigenvalue weighted by Gasteiger charge is -2.07. The van der Waals surface area contributed by atoms with Crippen molar-refractivity contribution in [3.05, 3.63) is 82.3 Å². The second kappa shape index (κ2) is 7.37. The minimum absolute atomic E-state index is 0.0709. The summed E-state index contributed by atoms with van der Waals surface area (Å²) in [7, 11) is 0. The third kappa shape index (κ3) is 4.09. The number of nitrogens with one attached hydrogen (secondary N) is 1. The van der Waals surface area contributed by atoms with E-state index >= 15 is 0 Å². The molecule has 5 heteroatoms. The molecule has 1 aromatic heterocycles. The number of amides is 1. The molecule has 0 saturated heterocycles. The van der Waals surface area contributed by atoms with Gasteiger partial charge >= 0.3 is 0 Å². The van der Waals surface area contributed by atoms with Crippen LogP contribution in [0.2, 0.25) is 0 Å². The normalized spacial score (nSPS) is 10.9. The topological polar surface area (TPSA) is 55.1 Å². The summed E-state index contributed by atoms with van der Waals surface area (Å²) in [4.78, 5) is 16.9. The van der Waals surface area contributed by atoms with Gasteiger partial charge in [-0.1, -0.05) is 40.2 Å². The molecule has 0 unspecified atom stereocenters. The van der Waals surface area contributed by atoms with Gasteiger partial charge in [-0.25, -0.2) is 4.98 Å². The maximum atomic E-state index is 12.4. The number of aryl methyl sites for hydroxylation is 1. The predicted octanol–water partition coefficient (Wildman–Crippen LogP) is 5.75. The van der Waals surface area contributed by atoms with Crippen molar-refractivity contribution in [1.29, 1.82) is 0 Å². The fourth-order valence-electron chi connectivity index (χ4n) is 2.93. The minimum Gasteiger partial charge on any atom is -0.436 e. The molecule has 1 N–H and O–H groups in total. The number of benzene rings is 3. The van der Waals surface area contributed by atoms with Gasteiger partial charge in [0, 0.05) is 15.7 Å². The highest BCUT2D eigenvalue weighted by Crippen LogP contribution is 2.26. The van der Waals surface area contributed by atoms with E-state index in [2.05, 4.69) is 26.2 Å². The monoisotopic (exact) mass is 420 g/mol. The van der Waals surface area contributed by atoms with Crippen molar-refractivity contribution < 1.29 is 9.21 Å². The van der Waals surface area contributed by atoms with Crippen LogP contribution in [0.25, 0.3) is 22.6 Å². The molecule has 0 bridgehead atoms. The Hall–Kier alpha value is -2.92. The third-order valence-corrected chi connectivity index (χ3v) is 4.68. The van der Waals surface area contributed by atoms with E-state index in [1.807, 2.05) is 73.7 Å². The molecule has 0 atom stereocenters. The Morgan fingerprint density at radius 1 is 1.07 bits per heavy atom. The van der Waals surface area contributed by atoms with Crippen molar-refractivity contribution in [1.82, 2.24) is 4.98 Å². The first-order valence-electron chi connectivity index (χ1n) is 8.59. The van der Waals surface area contributed by atoms with Gasteiger partial charge in [-0.05, 0) is 60.5 Å². The fraction of sp³-hybridized carbons (Fsp3) is 0.0909. The summed E-state index contributed by atoms with van der Waals surface area (Å²) < 4.78 is 6.81. The Kier molecular flexibility index (Phi) is 4.77. The van der Waals surface area contributed by atoms with E-state index in [0.29, 0.717) is 18.0 Å². The highest BCUT2D eigenvalue weighted by atomic mass is 79.9. The molecular formula is C22H17BrN2O2. The van der Waals surface area contributed by atoms with Crippen LogP contribution in [0.1, 0.15) is 11.1 Å². The van der Waals surface area contributed by atoms with E-state index in [-0.39, 0.29) is 5.91 Å². The molecule has 0 radical (unpaired) electrons. The Morgan fingerprint density at radius 2 is 1.93 bits per heavy atom. The number of aromatic nitrogens is 1. The van der Waals surface area contributed by atoms with Gasteiger partial charge in [0.05, 0.1) is 6.42 Å². The van der Waals surface area contributed by atoms with Crippen LogP contribution in [-0.4, -0.2) is 10.9 Å². The van der Waals surface area contributed by atoms with Gasteiger partial charge in [0.15, 0.2) is 5.58 Å². The van der Waals surface area contributed by atoms with Gasteiger partial charge in [0.2, 0.25) is 11.8 Å². The molecule has 4 nitrogen and oxygen atoms in total. The molecule has 0 aliphatic carbocycles. The number of hydrogen-bond acceptors (Lipinski definition) is 3. The summed E-state index contributed by atoms with van der Waals surface area (Å²) >= 11 is 3.42. The van der Waals surface area contributed by atoms with E-state index in [9.17, 15) is 4.79 Å². The molecule has 0 fully saturated rings. The van der Waals surface area contributed by atoms with Crippen molar-refractivity contribution in [2.75, 3.05) is 5.32 Å². The van der Waals surface area contributed by atoms with Crippen molar-refractivity contribution in [2.24, 2.45) is 0 Å². The number of carbonyl (C=O) groups excluding carboxylic acids is 1. The summed E-state index contributed by atoms with van der Waals surface area (Å²) in [6, 6.07) is 21.2. The van der Waals surface area contributed by atoms with Crippen LogP contribution >= 0.6 is 15.9 Å². The quantitative estimate of drug-likeness (QED) is 0.457. The van der Waals surface area contributed by atoms with Crippen LogP contribution in [0.15, 0.2) is 75.6 Å². The number of halogens is 1. The summed E-state index contributed by atoms with van der Waals surface area (Å²) in [5.74, 6) is 0.470. The zero-order valence-electron chi connectivity index (χ0n) is 14.7. The molecule has 27 heavy (non-hydrogen) atoms. The van der Waals surface area contributed by atoms with E-state index in [1.54, 1.807) is 0 Å². The Balaban J connectivity index is 1.53. The van der Waals surface area contributed by atoms with Crippen LogP contribution in [-0.2, 0) is 11.2 Å². The van der Waals surface area contributed by atoms with Gasteiger partial charge < -0.3 is 9.73 Å². The molecule has 4 aromatic rings. The first-order chi connectivity index (χ1) is 13.1. The summed E-state index contributed by atoms with van der Waals surface area (Å²) in [5, 5.41) is 2.94. The Labute approximate surface area is 165 Å². The Bertz CT molecular complexity index is 1130. The fourth-order valence-corrected chi connectivity index (χ4v) is 3.38. The number of rotatable bonds is 4. The van der Waals surface area contributed by atoms with Crippen molar-refractivity contribution in [3.8, 4) is 11.5 Å². The maximum absolute atomic E-state index is 12.4. The number of nitrogens with zero attached hydrogens (tertiary/aromatic N) is 1. The number of oxazole rings is 1. The van der Waals surface area contributed by atoms with Crippen molar-refractivity contribution in [2.45, 2.75) is 13.3 Å². The summed E-state index contributed by atoms with van der Waals surface area (Å²) in [5.41, 5.74) is 5.20. The van der Waals surface area contributed by atoms with E-state index < -0.39 is 0 Å². The second-order valence-electron chi connectivity index (χ2n) is 6.43. The molecule has 0 aliphatic heterocycles. The average molecular weight is 421 g/mol. The summed E-state index contributed by atoms with van der Waals surface area (Å²) in [6.45, 7) is 2.02. The van der Waals surface area contributed by atoms with Crippen molar-refractivity contribution in [3.63, 3.8) is 0 Å². The largest absolute Gasteiger partial charge is 0.436 e. The lowest BCUT2D eigenvalue weighted by molar-refractivity contribution is -0.115. The number of hydrogen-bond donors (Lipinski definition) is 1. The lowest BCUT2D eigenvalue weighted by Crippen LogP contribution is -2.14. The minimum atomic E-state index is -0.0709. The van der Waals surface area contributed by atoms with Crippen LogP contribution in [0.3, 0.4) is 0 Å². The lowest BCUT2D eigenvalue weighted by atomic mass is 10.1. The molecule has 134 valence electrons. The van der Waals surface area contributed by atoms with Crippen LogP contribution in [0.5, 0.6) is 0 Å². The number of carbonyl (C=O) groups is 1. The molecule has 4 rings (SSSR count). The first-order valence-corrected chi connectivity index (χ1v) is 9.38. The van der Waals surface area contributed by atoms with Crippen LogP contribution in [0.4, 0.5) is 5.69 Å². The highest BCUT2D eigenvalue weighted by molar-refractivity contribution is 9.10.